The maximum Gasteiger partial charge on any atom is 0.139 e. The van der Waals surface area contributed by atoms with Crippen molar-refractivity contribution in [3.63, 3.8) is 0 Å². The molecule has 0 spiro atoms. The molecule has 3 rings (SSSR count). The van der Waals surface area contributed by atoms with Crippen LogP contribution >= 0.6 is 0 Å². The molecule has 0 saturated carbocycles. The standard InChI is InChI=1S/C16H19NO2/c1-19-13-6-7-14-12(11-13)5-8-15(18)16(14)17-9-3-2-4-10-17/h5-8,11,18H,2-4,9-10H2,1H3. The Morgan fingerprint density at radius 3 is 2.58 bits per heavy atom. The SMILES string of the molecule is COc1ccc2c(N3CCCCC3)c(O)ccc2c1. The molecule has 0 aromatic heterocycles. The number of phenolic OH excluding ortho intramolecular Hbond substituents is 1. The highest BCUT2D eigenvalue weighted by Gasteiger charge is 2.17. The highest BCUT2D eigenvalue weighted by atomic mass is 16.5. The topological polar surface area (TPSA) is 32.7 Å². The molecule has 0 radical (unpaired) electrons. The van der Waals surface area contributed by atoms with Crippen molar-refractivity contribution in [2.24, 2.45) is 0 Å². The van der Waals surface area contributed by atoms with Gasteiger partial charge in [-0.1, -0.05) is 6.07 Å². The first-order chi connectivity index (χ1) is 9.29. The number of hydrogen-bond donors (Lipinski definition) is 1. The molecule has 0 bridgehead atoms. The van der Waals surface area contributed by atoms with Gasteiger partial charge < -0.3 is 14.7 Å². The zero-order valence-corrected chi connectivity index (χ0v) is 11.2. The van der Waals surface area contributed by atoms with Gasteiger partial charge in [0, 0.05) is 18.5 Å². The molecule has 3 nitrogen and oxygen atoms in total. The fraction of sp³-hybridized carbons (Fsp3) is 0.375. The number of phenols is 1. The summed E-state index contributed by atoms with van der Waals surface area (Å²) in [7, 11) is 1.67. The molecule has 1 aliphatic rings. The zero-order chi connectivity index (χ0) is 13.2. The first kappa shape index (κ1) is 12.2. The Kier molecular flexibility index (Phi) is 3.20. The predicted molar refractivity (Wildman–Crippen MR) is 78.2 cm³/mol. The van der Waals surface area contributed by atoms with Gasteiger partial charge in [-0.2, -0.15) is 0 Å². The Bertz CT molecular complexity index is 589. The summed E-state index contributed by atoms with van der Waals surface area (Å²) in [6.07, 6.45) is 3.69. The minimum absolute atomic E-state index is 0.375. The molecule has 1 aliphatic heterocycles. The fourth-order valence-electron chi connectivity index (χ4n) is 2.86. The molecule has 2 aromatic carbocycles. The molecule has 19 heavy (non-hydrogen) atoms. The van der Waals surface area contributed by atoms with Crippen molar-refractivity contribution in [1.29, 1.82) is 0 Å². The first-order valence-electron chi connectivity index (χ1n) is 6.84. The van der Waals surface area contributed by atoms with Crippen molar-refractivity contribution < 1.29 is 9.84 Å². The van der Waals surface area contributed by atoms with Crippen LogP contribution in [-0.4, -0.2) is 25.3 Å². The minimum atomic E-state index is 0.375. The zero-order valence-electron chi connectivity index (χ0n) is 11.2. The van der Waals surface area contributed by atoms with Crippen molar-refractivity contribution in [1.82, 2.24) is 0 Å². The lowest BCUT2D eigenvalue weighted by molar-refractivity contribution is 0.415. The summed E-state index contributed by atoms with van der Waals surface area (Å²) in [5.74, 6) is 1.22. The van der Waals surface area contributed by atoms with Gasteiger partial charge in [0.05, 0.1) is 12.8 Å². The normalized spacial score (nSPS) is 15.7. The highest BCUT2D eigenvalue weighted by Crippen LogP contribution is 2.38. The van der Waals surface area contributed by atoms with Crippen LogP contribution in [0.2, 0.25) is 0 Å². The van der Waals surface area contributed by atoms with E-state index < -0.39 is 0 Å². The summed E-state index contributed by atoms with van der Waals surface area (Å²) in [6, 6.07) is 9.74. The van der Waals surface area contributed by atoms with E-state index >= 15 is 0 Å². The molecule has 2 aromatic rings. The van der Waals surface area contributed by atoms with Crippen LogP contribution in [0.15, 0.2) is 30.3 Å². The Morgan fingerprint density at radius 1 is 1.05 bits per heavy atom. The lowest BCUT2D eigenvalue weighted by atomic mass is 10.0. The molecular weight excluding hydrogens is 238 g/mol. The van der Waals surface area contributed by atoms with Crippen molar-refractivity contribution in [3.8, 4) is 11.5 Å². The second-order valence-corrected chi connectivity index (χ2v) is 5.07. The Balaban J connectivity index is 2.13. The first-order valence-corrected chi connectivity index (χ1v) is 6.84. The smallest absolute Gasteiger partial charge is 0.139 e. The summed E-state index contributed by atoms with van der Waals surface area (Å²) in [4.78, 5) is 2.30. The van der Waals surface area contributed by atoms with Crippen molar-refractivity contribution in [3.05, 3.63) is 30.3 Å². The number of benzene rings is 2. The number of anilines is 1. The molecule has 100 valence electrons. The summed E-state index contributed by atoms with van der Waals surface area (Å²) in [5.41, 5.74) is 0.972. The molecular formula is C16H19NO2. The number of hydrogen-bond acceptors (Lipinski definition) is 3. The lowest BCUT2D eigenvalue weighted by Gasteiger charge is -2.30. The van der Waals surface area contributed by atoms with Crippen LogP contribution in [0.5, 0.6) is 11.5 Å². The van der Waals surface area contributed by atoms with Crippen LogP contribution in [0.3, 0.4) is 0 Å². The molecule has 0 aliphatic carbocycles. The number of aromatic hydroxyl groups is 1. The summed E-state index contributed by atoms with van der Waals surface area (Å²) >= 11 is 0. The molecule has 0 unspecified atom stereocenters. The third-order valence-corrected chi connectivity index (χ3v) is 3.85. The van der Waals surface area contributed by atoms with E-state index in [1.807, 2.05) is 24.3 Å². The molecule has 0 amide bonds. The van der Waals surface area contributed by atoms with Gasteiger partial charge in [0.1, 0.15) is 11.5 Å². The van der Waals surface area contributed by atoms with Gasteiger partial charge in [0.2, 0.25) is 0 Å². The summed E-state index contributed by atoms with van der Waals surface area (Å²) in [6.45, 7) is 2.05. The van der Waals surface area contributed by atoms with Crippen LogP contribution in [-0.2, 0) is 0 Å². The molecule has 1 fully saturated rings. The third kappa shape index (κ3) is 2.21. The quantitative estimate of drug-likeness (QED) is 0.893. The summed E-state index contributed by atoms with van der Waals surface area (Å²) < 4.78 is 5.26. The van der Waals surface area contributed by atoms with Crippen molar-refractivity contribution in [2.75, 3.05) is 25.1 Å². The molecule has 0 atom stereocenters. The number of nitrogens with zero attached hydrogens (tertiary/aromatic N) is 1. The third-order valence-electron chi connectivity index (χ3n) is 3.85. The Hall–Kier alpha value is -1.90. The lowest BCUT2D eigenvalue weighted by Crippen LogP contribution is -2.29. The number of rotatable bonds is 2. The average Bonchev–Trinajstić information content (AvgIpc) is 2.47. The van der Waals surface area contributed by atoms with Crippen LogP contribution in [0.4, 0.5) is 5.69 Å². The van der Waals surface area contributed by atoms with Gasteiger partial charge in [-0.3, -0.25) is 0 Å². The van der Waals surface area contributed by atoms with Gasteiger partial charge >= 0.3 is 0 Å². The van der Waals surface area contributed by atoms with E-state index in [-0.39, 0.29) is 0 Å². The van der Waals surface area contributed by atoms with E-state index in [2.05, 4.69) is 4.90 Å². The van der Waals surface area contributed by atoms with Crippen LogP contribution in [0.25, 0.3) is 10.8 Å². The van der Waals surface area contributed by atoms with E-state index in [1.165, 1.54) is 19.3 Å². The van der Waals surface area contributed by atoms with Crippen LogP contribution in [0.1, 0.15) is 19.3 Å². The predicted octanol–water partition coefficient (Wildman–Crippen LogP) is 3.54. The van der Waals surface area contributed by atoms with E-state index in [0.717, 1.165) is 35.3 Å². The minimum Gasteiger partial charge on any atom is -0.506 e. The van der Waals surface area contributed by atoms with E-state index in [0.29, 0.717) is 5.75 Å². The number of ether oxygens (including phenoxy) is 1. The van der Waals surface area contributed by atoms with Gasteiger partial charge in [-0.15, -0.1) is 0 Å². The average molecular weight is 257 g/mol. The summed E-state index contributed by atoms with van der Waals surface area (Å²) in [5, 5.41) is 12.4. The van der Waals surface area contributed by atoms with E-state index in [9.17, 15) is 5.11 Å². The monoisotopic (exact) mass is 257 g/mol. The molecule has 1 N–H and O–H groups in total. The van der Waals surface area contributed by atoms with Gasteiger partial charge in [0.15, 0.2) is 0 Å². The largest absolute Gasteiger partial charge is 0.506 e. The maximum absolute atomic E-state index is 10.2. The molecule has 3 heteroatoms. The van der Waals surface area contributed by atoms with Crippen molar-refractivity contribution in [2.45, 2.75) is 19.3 Å². The highest BCUT2D eigenvalue weighted by molar-refractivity contribution is 5.98. The number of methoxy groups -OCH3 is 1. The fourth-order valence-corrected chi connectivity index (χ4v) is 2.86. The molecule has 1 saturated heterocycles. The van der Waals surface area contributed by atoms with Gasteiger partial charge in [-0.25, -0.2) is 0 Å². The van der Waals surface area contributed by atoms with Crippen LogP contribution < -0.4 is 9.64 Å². The van der Waals surface area contributed by atoms with Gasteiger partial charge in [-0.05, 0) is 48.9 Å². The second-order valence-electron chi connectivity index (χ2n) is 5.07. The molecule has 1 heterocycles. The van der Waals surface area contributed by atoms with E-state index in [1.54, 1.807) is 13.2 Å². The Labute approximate surface area is 113 Å². The number of fused-ring (bicyclic) bond motifs is 1. The number of piperidine rings is 1. The van der Waals surface area contributed by atoms with Crippen molar-refractivity contribution >= 4 is 16.5 Å². The maximum atomic E-state index is 10.2. The Morgan fingerprint density at radius 2 is 1.84 bits per heavy atom. The van der Waals surface area contributed by atoms with Gasteiger partial charge in [0.25, 0.3) is 0 Å². The van der Waals surface area contributed by atoms with E-state index in [4.69, 9.17) is 4.74 Å². The van der Waals surface area contributed by atoms with Crippen LogP contribution in [0, 0.1) is 0 Å². The second kappa shape index (κ2) is 5.00.